The van der Waals surface area contributed by atoms with Crippen molar-refractivity contribution in [1.82, 2.24) is 9.97 Å². The molecule has 19 heavy (non-hydrogen) atoms. The van der Waals surface area contributed by atoms with Crippen molar-refractivity contribution >= 4 is 17.3 Å². The van der Waals surface area contributed by atoms with E-state index in [9.17, 15) is 10.1 Å². The molecule has 2 aromatic rings. The largest absolute Gasteiger partial charge is 0.496 e. The maximum atomic E-state index is 11.0. The first-order valence-corrected chi connectivity index (χ1v) is 5.46. The number of benzene rings is 1. The number of ether oxygens (including phenoxy) is 2. The van der Waals surface area contributed by atoms with Crippen molar-refractivity contribution in [3.8, 4) is 17.4 Å². The van der Waals surface area contributed by atoms with Gasteiger partial charge < -0.3 is 9.47 Å². The van der Waals surface area contributed by atoms with Crippen LogP contribution in [-0.2, 0) is 0 Å². The second-order valence-electron chi connectivity index (χ2n) is 3.35. The molecule has 2 rings (SSSR count). The minimum Gasteiger partial charge on any atom is -0.496 e. The molecular formula is C11H8ClN3O4. The third kappa shape index (κ3) is 2.89. The fourth-order valence-corrected chi connectivity index (χ4v) is 1.48. The predicted octanol–water partition coefficient (Wildman–Crippen LogP) is 2.84. The second-order valence-corrected chi connectivity index (χ2v) is 3.70. The molecule has 0 radical (unpaired) electrons. The Bertz CT molecular complexity index is 621. The quantitative estimate of drug-likeness (QED) is 0.632. The van der Waals surface area contributed by atoms with Gasteiger partial charge in [-0.05, 0) is 12.1 Å². The number of aromatic nitrogens is 2. The average molecular weight is 282 g/mol. The minimum absolute atomic E-state index is 0.00238. The summed E-state index contributed by atoms with van der Waals surface area (Å²) in [5.74, 6) is 0.356. The van der Waals surface area contributed by atoms with Gasteiger partial charge >= 0.3 is 5.69 Å². The Hall–Kier alpha value is -2.41. The first kappa shape index (κ1) is 13.0. The summed E-state index contributed by atoms with van der Waals surface area (Å²) < 4.78 is 10.2. The Morgan fingerprint density at radius 3 is 2.68 bits per heavy atom. The van der Waals surface area contributed by atoms with Crippen LogP contribution in [0.5, 0.6) is 17.4 Å². The van der Waals surface area contributed by atoms with Gasteiger partial charge in [-0.1, -0.05) is 11.6 Å². The Kier molecular flexibility index (Phi) is 3.76. The van der Waals surface area contributed by atoms with Gasteiger partial charge in [0, 0.05) is 12.4 Å². The van der Waals surface area contributed by atoms with Gasteiger partial charge in [-0.2, -0.15) is 0 Å². The van der Waals surface area contributed by atoms with E-state index in [1.54, 1.807) is 0 Å². The number of nitro benzene ring substituents is 1. The highest BCUT2D eigenvalue weighted by Gasteiger charge is 2.18. The number of halogens is 1. The highest BCUT2D eigenvalue weighted by atomic mass is 35.5. The zero-order valence-electron chi connectivity index (χ0n) is 9.74. The van der Waals surface area contributed by atoms with Crippen molar-refractivity contribution in [2.24, 2.45) is 0 Å². The molecule has 0 fully saturated rings. The van der Waals surface area contributed by atoms with Gasteiger partial charge in [0.25, 0.3) is 5.88 Å². The normalized spacial score (nSPS) is 10.0. The lowest BCUT2D eigenvalue weighted by Crippen LogP contribution is -1.96. The van der Waals surface area contributed by atoms with Crippen molar-refractivity contribution < 1.29 is 14.4 Å². The number of nitrogens with zero attached hydrogens (tertiary/aromatic N) is 3. The highest BCUT2D eigenvalue weighted by Crippen LogP contribution is 2.35. The van der Waals surface area contributed by atoms with Crippen LogP contribution >= 0.6 is 11.6 Å². The molecule has 0 aliphatic rings. The fourth-order valence-electron chi connectivity index (χ4n) is 1.33. The lowest BCUT2D eigenvalue weighted by Gasteiger charge is -2.07. The summed E-state index contributed by atoms with van der Waals surface area (Å²) in [6, 6.07) is 4.19. The SMILES string of the molecule is COc1ccc(Oc2nccnc2Cl)c([N+](=O)[O-])c1. The molecule has 0 spiro atoms. The Labute approximate surface area is 112 Å². The molecule has 0 aliphatic heterocycles. The smallest absolute Gasteiger partial charge is 0.315 e. The number of nitro groups is 1. The van der Waals surface area contributed by atoms with E-state index in [4.69, 9.17) is 21.1 Å². The van der Waals surface area contributed by atoms with Gasteiger partial charge in [-0.3, -0.25) is 10.1 Å². The van der Waals surface area contributed by atoms with Crippen molar-refractivity contribution in [3.63, 3.8) is 0 Å². The van der Waals surface area contributed by atoms with Crippen LogP contribution in [0.2, 0.25) is 5.15 Å². The summed E-state index contributed by atoms with van der Waals surface area (Å²) in [6.45, 7) is 0. The molecule has 0 saturated heterocycles. The molecule has 0 atom stereocenters. The summed E-state index contributed by atoms with van der Waals surface area (Å²) in [4.78, 5) is 18.0. The zero-order valence-corrected chi connectivity index (χ0v) is 10.5. The van der Waals surface area contributed by atoms with Crippen molar-refractivity contribution in [1.29, 1.82) is 0 Å². The van der Waals surface area contributed by atoms with Gasteiger partial charge in [0.1, 0.15) is 5.75 Å². The van der Waals surface area contributed by atoms with Gasteiger partial charge in [0.15, 0.2) is 5.15 Å². The first-order chi connectivity index (χ1) is 9.11. The Morgan fingerprint density at radius 1 is 1.32 bits per heavy atom. The Balaban J connectivity index is 2.40. The molecule has 0 unspecified atom stereocenters. The topological polar surface area (TPSA) is 87.4 Å². The van der Waals surface area contributed by atoms with Gasteiger partial charge in [0.2, 0.25) is 5.75 Å². The van der Waals surface area contributed by atoms with Crippen LogP contribution in [0.1, 0.15) is 0 Å². The molecule has 0 amide bonds. The van der Waals surface area contributed by atoms with E-state index in [-0.39, 0.29) is 22.5 Å². The van der Waals surface area contributed by atoms with Gasteiger partial charge in [0.05, 0.1) is 18.1 Å². The van der Waals surface area contributed by atoms with Crippen molar-refractivity contribution in [2.45, 2.75) is 0 Å². The molecule has 0 N–H and O–H groups in total. The molecular weight excluding hydrogens is 274 g/mol. The average Bonchev–Trinajstić information content (AvgIpc) is 2.41. The molecule has 1 aromatic carbocycles. The molecule has 0 bridgehead atoms. The second kappa shape index (κ2) is 5.49. The molecule has 0 aliphatic carbocycles. The molecule has 7 nitrogen and oxygen atoms in total. The summed E-state index contributed by atoms with van der Waals surface area (Å²) in [5, 5.41) is 11.0. The van der Waals surface area contributed by atoms with Crippen LogP contribution in [0.4, 0.5) is 5.69 Å². The lowest BCUT2D eigenvalue weighted by molar-refractivity contribution is -0.385. The maximum absolute atomic E-state index is 11.0. The van der Waals surface area contributed by atoms with Crippen molar-refractivity contribution in [3.05, 3.63) is 45.9 Å². The molecule has 98 valence electrons. The van der Waals surface area contributed by atoms with Crippen molar-refractivity contribution in [2.75, 3.05) is 7.11 Å². The summed E-state index contributed by atoms with van der Waals surface area (Å²) >= 11 is 5.77. The molecule has 8 heteroatoms. The van der Waals surface area contributed by atoms with Crippen LogP contribution in [0.25, 0.3) is 0 Å². The predicted molar refractivity (Wildman–Crippen MR) is 66.8 cm³/mol. The monoisotopic (exact) mass is 281 g/mol. The van der Waals surface area contributed by atoms with Crippen LogP contribution in [0.15, 0.2) is 30.6 Å². The van der Waals surface area contributed by atoms with E-state index < -0.39 is 4.92 Å². The number of hydrogen-bond donors (Lipinski definition) is 0. The van der Waals surface area contributed by atoms with Crippen LogP contribution in [0.3, 0.4) is 0 Å². The third-order valence-corrected chi connectivity index (χ3v) is 2.45. The lowest BCUT2D eigenvalue weighted by atomic mass is 10.3. The fraction of sp³-hybridized carbons (Fsp3) is 0.0909. The van der Waals surface area contributed by atoms with Crippen LogP contribution in [0, 0.1) is 10.1 Å². The van der Waals surface area contributed by atoms with Gasteiger partial charge in [-0.15, -0.1) is 0 Å². The summed E-state index contributed by atoms with van der Waals surface area (Å²) in [6.07, 6.45) is 2.76. The van der Waals surface area contributed by atoms with E-state index in [1.807, 2.05) is 0 Å². The van der Waals surface area contributed by atoms with Crippen LogP contribution in [-0.4, -0.2) is 22.0 Å². The van der Waals surface area contributed by atoms with Gasteiger partial charge in [-0.25, -0.2) is 9.97 Å². The number of rotatable bonds is 4. The number of hydrogen-bond acceptors (Lipinski definition) is 6. The molecule has 1 heterocycles. The summed E-state index contributed by atoms with van der Waals surface area (Å²) in [5.41, 5.74) is -0.249. The Morgan fingerprint density at radius 2 is 2.05 bits per heavy atom. The maximum Gasteiger partial charge on any atom is 0.315 e. The molecule has 1 aromatic heterocycles. The van der Waals surface area contributed by atoms with E-state index in [0.717, 1.165) is 0 Å². The van der Waals surface area contributed by atoms with E-state index in [0.29, 0.717) is 5.75 Å². The van der Waals surface area contributed by atoms with E-state index in [1.165, 1.54) is 37.7 Å². The summed E-state index contributed by atoms with van der Waals surface area (Å²) in [7, 11) is 1.42. The minimum atomic E-state index is -0.581. The number of methoxy groups -OCH3 is 1. The standard InChI is InChI=1S/C11H8ClN3O4/c1-18-7-2-3-9(8(6-7)15(16)17)19-11-10(12)13-4-5-14-11/h2-6H,1H3. The van der Waals surface area contributed by atoms with E-state index >= 15 is 0 Å². The molecule has 0 saturated carbocycles. The van der Waals surface area contributed by atoms with E-state index in [2.05, 4.69) is 9.97 Å². The third-order valence-electron chi connectivity index (χ3n) is 2.19. The zero-order chi connectivity index (χ0) is 13.8. The highest BCUT2D eigenvalue weighted by molar-refractivity contribution is 6.30. The van der Waals surface area contributed by atoms with Crippen LogP contribution < -0.4 is 9.47 Å². The first-order valence-electron chi connectivity index (χ1n) is 5.08.